The lowest BCUT2D eigenvalue weighted by molar-refractivity contribution is -0.554. The van der Waals surface area contributed by atoms with Crippen LogP contribution in [0.15, 0.2) is 10.4 Å². The Morgan fingerprint density at radius 2 is 2.50 bits per heavy atom. The largest absolute Gasteiger partial charge is 0.597 e. The quantitative estimate of drug-likeness (QED) is 0.192. The van der Waals surface area contributed by atoms with Gasteiger partial charge in [0.05, 0.1) is 6.54 Å². The third-order valence-corrected chi connectivity index (χ3v) is 0.627. The number of rotatable bonds is 4. The molecule has 0 N–H and O–H groups in total. The second kappa shape index (κ2) is 5.64. The van der Waals surface area contributed by atoms with E-state index in [1.54, 1.807) is 0 Å². The Bertz CT molecular complexity index is 160. The minimum absolute atomic E-state index is 0.0118. The molecule has 0 spiro atoms. The van der Waals surface area contributed by atoms with Crippen molar-refractivity contribution in [2.75, 3.05) is 20.2 Å². The van der Waals surface area contributed by atoms with Gasteiger partial charge in [0.2, 0.25) is 0 Å². The van der Waals surface area contributed by atoms with Gasteiger partial charge in [-0.2, -0.15) is 0 Å². The summed E-state index contributed by atoms with van der Waals surface area (Å²) in [6.45, 7) is 0.102. The fourth-order valence-corrected chi connectivity index (χ4v) is 0.307. The van der Waals surface area contributed by atoms with E-state index in [2.05, 4.69) is 20.1 Å². The lowest BCUT2D eigenvalue weighted by Gasteiger charge is -1.93. The molecule has 0 rings (SSSR count). The molecule has 0 aliphatic rings. The first-order chi connectivity index (χ1) is 4.81. The van der Waals surface area contributed by atoms with Gasteiger partial charge < -0.3 is 10.0 Å². The Morgan fingerprint density at radius 3 is 3.00 bits per heavy atom. The fourth-order valence-electron chi connectivity index (χ4n) is 0.307. The van der Waals surface area contributed by atoms with Gasteiger partial charge in [0.15, 0.2) is 11.8 Å². The third kappa shape index (κ3) is 4.66. The third-order valence-electron chi connectivity index (χ3n) is 0.627. The lowest BCUT2D eigenvalue weighted by atomic mass is 10.7. The molecule has 0 fully saturated rings. The number of hydroxylamine groups is 1. The van der Waals surface area contributed by atoms with Crippen molar-refractivity contribution in [2.24, 2.45) is 10.4 Å². The van der Waals surface area contributed by atoms with E-state index in [-0.39, 0.29) is 13.1 Å². The number of hydrogen-bond donors (Lipinski definition) is 0. The van der Waals surface area contributed by atoms with Crippen molar-refractivity contribution in [3.63, 3.8) is 0 Å². The molecule has 0 amide bonds. The first-order valence-corrected chi connectivity index (χ1v) is 2.51. The van der Waals surface area contributed by atoms with Crippen LogP contribution in [0.25, 0.3) is 10.4 Å². The minimum Gasteiger partial charge on any atom is -0.597 e. The predicted molar refractivity (Wildman–Crippen MR) is 31.9 cm³/mol. The van der Waals surface area contributed by atoms with Crippen molar-refractivity contribution in [2.45, 2.75) is 0 Å². The molecule has 0 atom stereocenters. The second-order valence-electron chi connectivity index (χ2n) is 1.29. The number of hydrogen-bond acceptors (Lipinski definition) is 4. The van der Waals surface area contributed by atoms with Crippen molar-refractivity contribution < 1.29 is 9.70 Å². The van der Waals surface area contributed by atoms with Crippen LogP contribution in [0.5, 0.6) is 0 Å². The van der Waals surface area contributed by atoms with Crippen LogP contribution >= 0.6 is 0 Å². The topological polar surface area (TPSA) is 96.4 Å². The smallest absolute Gasteiger partial charge is 0.199 e. The van der Waals surface area contributed by atoms with Crippen LogP contribution in [0.3, 0.4) is 0 Å². The SMILES string of the molecule is CON=[N+]([O-])CCN=[N+]=[N-]. The first-order valence-electron chi connectivity index (χ1n) is 2.51. The monoisotopic (exact) mass is 145 g/mol. The summed E-state index contributed by atoms with van der Waals surface area (Å²) in [6.07, 6.45) is 0. The van der Waals surface area contributed by atoms with Gasteiger partial charge in [-0.1, -0.05) is 9.97 Å². The highest BCUT2D eigenvalue weighted by atomic mass is 16.7. The zero-order chi connectivity index (χ0) is 7.82. The van der Waals surface area contributed by atoms with E-state index in [1.807, 2.05) is 0 Å². The van der Waals surface area contributed by atoms with Crippen LogP contribution in [0.1, 0.15) is 0 Å². The van der Waals surface area contributed by atoms with Crippen LogP contribution in [0.2, 0.25) is 0 Å². The molecule has 0 aliphatic heterocycles. The average molecular weight is 145 g/mol. The Labute approximate surface area is 57.1 Å². The van der Waals surface area contributed by atoms with E-state index in [9.17, 15) is 5.21 Å². The van der Waals surface area contributed by atoms with E-state index >= 15 is 0 Å². The Morgan fingerprint density at radius 1 is 1.80 bits per heavy atom. The summed E-state index contributed by atoms with van der Waals surface area (Å²) in [5, 5.41) is 16.5. The van der Waals surface area contributed by atoms with Crippen LogP contribution in [-0.2, 0) is 4.84 Å². The molecule has 0 unspecified atom stereocenters. The van der Waals surface area contributed by atoms with Gasteiger partial charge in [0.1, 0.15) is 7.11 Å². The van der Waals surface area contributed by atoms with Crippen molar-refractivity contribution in [1.29, 1.82) is 0 Å². The summed E-state index contributed by atoms with van der Waals surface area (Å²) < 4.78 is 0. The number of azide groups is 1. The van der Waals surface area contributed by atoms with Gasteiger partial charge in [-0.05, 0) is 5.53 Å². The second-order valence-corrected chi connectivity index (χ2v) is 1.29. The summed E-state index contributed by atoms with van der Waals surface area (Å²) in [5.41, 5.74) is 7.78. The van der Waals surface area contributed by atoms with Crippen molar-refractivity contribution in [1.82, 2.24) is 0 Å². The lowest BCUT2D eigenvalue weighted by Crippen LogP contribution is -2.05. The molecule has 0 radical (unpaired) electrons. The molecule has 0 aliphatic carbocycles. The molecule has 0 aromatic heterocycles. The van der Waals surface area contributed by atoms with Crippen LogP contribution < -0.4 is 0 Å². The molecule has 0 saturated heterocycles. The molecular formula is C3H7N5O2. The number of nitrogens with zero attached hydrogens (tertiary/aromatic N) is 5. The van der Waals surface area contributed by atoms with E-state index in [4.69, 9.17) is 5.53 Å². The van der Waals surface area contributed by atoms with Gasteiger partial charge in [-0.25, -0.2) is 0 Å². The zero-order valence-electron chi connectivity index (χ0n) is 5.47. The predicted octanol–water partition coefficient (Wildman–Crippen LogP) is 0.821. The van der Waals surface area contributed by atoms with E-state index in [0.29, 0.717) is 4.86 Å². The molecule has 0 heterocycles. The molecule has 0 aromatic rings. The van der Waals surface area contributed by atoms with E-state index in [0.717, 1.165) is 0 Å². The Balaban J connectivity index is 3.48. The zero-order valence-corrected chi connectivity index (χ0v) is 5.47. The highest BCUT2D eigenvalue weighted by Gasteiger charge is 1.91. The maximum atomic E-state index is 10.4. The van der Waals surface area contributed by atoms with Crippen LogP contribution in [-0.4, -0.2) is 25.1 Å². The summed E-state index contributed by atoms with van der Waals surface area (Å²) in [7, 11) is 1.26. The maximum Gasteiger partial charge on any atom is 0.199 e. The fraction of sp³-hybridized carbons (Fsp3) is 1.00. The molecule has 0 saturated carbocycles. The first kappa shape index (κ1) is 8.51. The average Bonchev–Trinajstić information content (AvgIpc) is 1.89. The van der Waals surface area contributed by atoms with Gasteiger partial charge in [0, 0.05) is 4.91 Å². The molecule has 56 valence electrons. The van der Waals surface area contributed by atoms with E-state index in [1.165, 1.54) is 7.11 Å². The molecule has 7 heteroatoms. The highest BCUT2D eigenvalue weighted by Crippen LogP contribution is 1.78. The van der Waals surface area contributed by atoms with E-state index < -0.39 is 0 Å². The van der Waals surface area contributed by atoms with Crippen molar-refractivity contribution >= 4 is 0 Å². The molecule has 0 bridgehead atoms. The highest BCUT2D eigenvalue weighted by molar-refractivity contribution is 4.41. The van der Waals surface area contributed by atoms with Crippen LogP contribution in [0.4, 0.5) is 0 Å². The van der Waals surface area contributed by atoms with Gasteiger partial charge in [0.25, 0.3) is 0 Å². The van der Waals surface area contributed by atoms with Crippen molar-refractivity contribution in [3.8, 4) is 0 Å². The summed E-state index contributed by atoms with van der Waals surface area (Å²) in [5.74, 6) is 0. The molecular weight excluding hydrogens is 138 g/mol. The molecule has 7 nitrogen and oxygen atoms in total. The van der Waals surface area contributed by atoms with Gasteiger partial charge in [-0.3, -0.25) is 0 Å². The Hall–Kier alpha value is -1.49. The standard InChI is InChI=1S/C3H7N5O2/c1-10-7-8(9)3-2-5-6-4/h2-3H2,1H3. The molecule has 0 aromatic carbocycles. The van der Waals surface area contributed by atoms with Gasteiger partial charge in [-0.15, -0.1) is 0 Å². The maximum absolute atomic E-state index is 10.4. The summed E-state index contributed by atoms with van der Waals surface area (Å²) in [6, 6.07) is 0. The van der Waals surface area contributed by atoms with Gasteiger partial charge >= 0.3 is 0 Å². The summed E-state index contributed by atoms with van der Waals surface area (Å²) in [4.78, 5) is 6.88. The normalized spacial score (nSPS) is 10.3. The minimum atomic E-state index is 0.0118. The molecule has 10 heavy (non-hydrogen) atoms. The summed E-state index contributed by atoms with van der Waals surface area (Å²) >= 11 is 0. The van der Waals surface area contributed by atoms with Crippen LogP contribution in [0, 0.1) is 5.21 Å². The Kier molecular flexibility index (Phi) is 4.80. The van der Waals surface area contributed by atoms with Crippen molar-refractivity contribution in [3.05, 3.63) is 15.7 Å².